The maximum absolute atomic E-state index is 14.8. The molecule has 69 heavy (non-hydrogen) atoms. The molecule has 12 N–H and O–H groups in total. The highest BCUT2D eigenvalue weighted by Gasteiger charge is 2.72. The van der Waals surface area contributed by atoms with E-state index in [1.54, 1.807) is 0 Å². The third-order valence-corrected chi connectivity index (χ3v) is 19.5. The standard InChI is InChI=1S/C48H76O21/c1-43(41(61)63-6)11-13-48(42(62)69-40-36(60)33(57)30(54)25(18-50)66-40)14-12-46(4)21(22(48)15-43)7-8-28-44(2)16-23(52)37(45(3,20-51)27(44)9-10-47(28,46)5)68-38-34(58)31(55)26(19-64-38)67-39-35(59)32(56)29(53)24(17-49)65-39/h7,22-40,49-60H,8-20H2,1-6H3/t22?,23?,24-,25-,26-,27?,28?,29-,30-,31+,32+,33+,34-,35-,36-,37?,38+,39+,40+,43?,44?,45?,46?,47?,48?/m1/s1. The van der Waals surface area contributed by atoms with Crippen LogP contribution in [0.1, 0.15) is 92.4 Å². The molecule has 0 aromatic heterocycles. The molecule has 11 unspecified atom stereocenters. The molecule has 0 bridgehead atoms. The van der Waals surface area contributed by atoms with E-state index in [0.29, 0.717) is 38.5 Å². The maximum Gasteiger partial charge on any atom is 0.315 e. The molecule has 3 heterocycles. The van der Waals surface area contributed by atoms with Gasteiger partial charge in [-0.2, -0.15) is 0 Å². The van der Waals surface area contributed by atoms with Crippen LogP contribution in [0, 0.1) is 50.2 Å². The number of hydrogen-bond acceptors (Lipinski definition) is 21. The Bertz CT molecular complexity index is 1920. The van der Waals surface area contributed by atoms with E-state index in [4.69, 9.17) is 33.2 Å². The molecule has 21 nitrogen and oxygen atoms in total. The van der Waals surface area contributed by atoms with Crippen molar-refractivity contribution in [3.05, 3.63) is 11.6 Å². The van der Waals surface area contributed by atoms with Crippen molar-refractivity contribution >= 4 is 11.9 Å². The number of methoxy groups -OCH3 is 1. The molecular formula is C48H76O21. The molecule has 8 rings (SSSR count). The lowest BCUT2D eigenvalue weighted by molar-refractivity contribution is -0.357. The number of hydrogen-bond donors (Lipinski definition) is 12. The fourth-order valence-electron chi connectivity index (χ4n) is 15.1. The second kappa shape index (κ2) is 19.0. The van der Waals surface area contributed by atoms with Gasteiger partial charge >= 0.3 is 11.9 Å². The zero-order valence-corrected chi connectivity index (χ0v) is 40.3. The molecule has 25 atom stereocenters. The smallest absolute Gasteiger partial charge is 0.315 e. The summed E-state index contributed by atoms with van der Waals surface area (Å²) in [5.41, 5.74) is -3.81. The van der Waals surface area contributed by atoms with Crippen molar-refractivity contribution < 1.29 is 104 Å². The van der Waals surface area contributed by atoms with Gasteiger partial charge in [-0.25, -0.2) is 0 Å². The van der Waals surface area contributed by atoms with Gasteiger partial charge in [0.15, 0.2) is 12.6 Å². The minimum Gasteiger partial charge on any atom is -0.469 e. The average Bonchev–Trinajstić information content (AvgIpc) is 3.32. The van der Waals surface area contributed by atoms with E-state index >= 15 is 0 Å². The number of aliphatic hydroxyl groups excluding tert-OH is 12. The highest BCUT2D eigenvalue weighted by atomic mass is 16.7. The fourth-order valence-corrected chi connectivity index (χ4v) is 15.1. The van der Waals surface area contributed by atoms with Crippen LogP contribution in [0.5, 0.6) is 0 Å². The summed E-state index contributed by atoms with van der Waals surface area (Å²) in [7, 11) is 1.34. The largest absolute Gasteiger partial charge is 0.469 e. The van der Waals surface area contributed by atoms with Crippen LogP contribution in [0.15, 0.2) is 11.6 Å². The van der Waals surface area contributed by atoms with E-state index in [0.717, 1.165) is 5.57 Å². The minimum absolute atomic E-state index is 0.0678. The third-order valence-electron chi connectivity index (χ3n) is 19.5. The monoisotopic (exact) mass is 988 g/mol. The number of allylic oxidation sites excluding steroid dienone is 2. The zero-order chi connectivity index (χ0) is 50.6. The zero-order valence-electron chi connectivity index (χ0n) is 40.3. The highest BCUT2D eigenvalue weighted by molar-refractivity contribution is 5.81. The van der Waals surface area contributed by atoms with Crippen molar-refractivity contribution in [3.63, 3.8) is 0 Å². The van der Waals surface area contributed by atoms with Crippen LogP contribution in [0.3, 0.4) is 0 Å². The van der Waals surface area contributed by atoms with E-state index < -0.39 is 175 Å². The number of carbonyl (C=O) groups excluding carboxylic acids is 2. The first-order valence-corrected chi connectivity index (χ1v) is 24.5. The predicted octanol–water partition coefficient (Wildman–Crippen LogP) is -2.12. The topological polar surface area (TPSA) is 342 Å². The van der Waals surface area contributed by atoms with Crippen LogP contribution < -0.4 is 0 Å². The van der Waals surface area contributed by atoms with Gasteiger partial charge in [-0.15, -0.1) is 0 Å². The Morgan fingerprint density at radius 3 is 1.87 bits per heavy atom. The second-order valence-corrected chi connectivity index (χ2v) is 22.9. The van der Waals surface area contributed by atoms with Crippen molar-refractivity contribution in [1.82, 2.24) is 0 Å². The molecule has 0 amide bonds. The Kier molecular flexibility index (Phi) is 14.7. The van der Waals surface area contributed by atoms with E-state index in [1.165, 1.54) is 7.11 Å². The third kappa shape index (κ3) is 8.16. The molecule has 0 aromatic carbocycles. The first-order valence-electron chi connectivity index (χ1n) is 24.5. The Morgan fingerprint density at radius 2 is 1.26 bits per heavy atom. The molecular weight excluding hydrogens is 913 g/mol. The molecule has 4 saturated carbocycles. The van der Waals surface area contributed by atoms with Gasteiger partial charge in [0.05, 0.1) is 56.6 Å². The summed E-state index contributed by atoms with van der Waals surface area (Å²) in [5, 5.41) is 128. The van der Waals surface area contributed by atoms with Gasteiger partial charge in [-0.05, 0) is 98.7 Å². The van der Waals surface area contributed by atoms with Crippen LogP contribution in [-0.2, 0) is 42.7 Å². The van der Waals surface area contributed by atoms with E-state index in [2.05, 4.69) is 26.8 Å². The number of aliphatic hydroxyl groups is 12. The number of esters is 2. The molecule has 0 spiro atoms. The van der Waals surface area contributed by atoms with Crippen LogP contribution in [0.4, 0.5) is 0 Å². The van der Waals surface area contributed by atoms with Crippen molar-refractivity contribution in [3.8, 4) is 0 Å². The predicted molar refractivity (Wildman–Crippen MR) is 233 cm³/mol. The number of rotatable bonds is 10. The van der Waals surface area contributed by atoms with Gasteiger partial charge < -0.3 is 94.4 Å². The van der Waals surface area contributed by atoms with Gasteiger partial charge in [-0.3, -0.25) is 9.59 Å². The summed E-state index contributed by atoms with van der Waals surface area (Å²) >= 11 is 0. The van der Waals surface area contributed by atoms with Crippen molar-refractivity contribution in [2.24, 2.45) is 50.2 Å². The number of fused-ring (bicyclic) bond motifs is 7. The molecule has 21 heteroatoms. The molecule has 3 saturated heterocycles. The molecule has 0 aromatic rings. The van der Waals surface area contributed by atoms with Crippen LogP contribution in [-0.4, -0.2) is 205 Å². The quantitative estimate of drug-likeness (QED) is 0.0632. The van der Waals surface area contributed by atoms with Gasteiger partial charge in [-0.1, -0.05) is 39.3 Å². The first kappa shape index (κ1) is 53.3. The summed E-state index contributed by atoms with van der Waals surface area (Å²) < 4.78 is 40.3. The van der Waals surface area contributed by atoms with Gasteiger partial charge in [0.1, 0.15) is 67.1 Å². The van der Waals surface area contributed by atoms with Crippen LogP contribution >= 0.6 is 0 Å². The Hall–Kier alpha value is -2.00. The maximum atomic E-state index is 14.8. The lowest BCUT2D eigenvalue weighted by Gasteiger charge is -2.71. The van der Waals surface area contributed by atoms with E-state index in [-0.39, 0.29) is 31.1 Å². The normalized spacial score (nSPS) is 54.2. The minimum atomic E-state index is -1.80. The van der Waals surface area contributed by atoms with Crippen LogP contribution in [0.2, 0.25) is 0 Å². The van der Waals surface area contributed by atoms with Crippen molar-refractivity contribution in [2.45, 2.75) is 191 Å². The highest BCUT2D eigenvalue weighted by Crippen LogP contribution is 2.76. The Balaban J connectivity index is 1.04. The molecule has 0 radical (unpaired) electrons. The average molecular weight is 989 g/mol. The Labute approximate surface area is 401 Å². The molecule has 3 aliphatic heterocycles. The summed E-state index contributed by atoms with van der Waals surface area (Å²) in [6.45, 7) is 8.10. The van der Waals surface area contributed by atoms with Crippen molar-refractivity contribution in [1.29, 1.82) is 0 Å². The summed E-state index contributed by atoms with van der Waals surface area (Å²) in [4.78, 5) is 28.3. The fraction of sp³-hybridized carbons (Fsp3) is 0.917. The van der Waals surface area contributed by atoms with Gasteiger partial charge in [0.2, 0.25) is 6.29 Å². The molecule has 5 aliphatic carbocycles. The molecule has 8 aliphatic rings. The lowest BCUT2D eigenvalue weighted by atomic mass is 9.33. The molecule has 394 valence electrons. The second-order valence-electron chi connectivity index (χ2n) is 22.9. The number of carbonyl (C=O) groups is 2. The SMILES string of the molecule is COC(=O)C1(C)CCC2(C(=O)O[C@@H]3O[C@H](CO)[C@@H](O)[C@H](O)[C@H]3O)CCC3(C)C(=CCC4C5(C)CC(O)C(O[C@@H]6OC[C@@H](O[C@@H]7O[C@H](CO)[C@@H](O)[C@H](O)[C@H]7O)[C@H](O)[C@H]6O)C(C)(CO)C5CCC43C)C2C1. The number of ether oxygens (including phenoxy) is 7. The lowest BCUT2D eigenvalue weighted by Crippen LogP contribution is -2.69. The summed E-state index contributed by atoms with van der Waals surface area (Å²) in [5.74, 6) is -1.90. The van der Waals surface area contributed by atoms with Gasteiger partial charge in [0.25, 0.3) is 0 Å². The summed E-state index contributed by atoms with van der Waals surface area (Å²) in [6.07, 6.45) is -18.7. The van der Waals surface area contributed by atoms with E-state index in [1.807, 2.05) is 13.8 Å². The van der Waals surface area contributed by atoms with Crippen molar-refractivity contribution in [2.75, 3.05) is 33.5 Å². The Morgan fingerprint density at radius 1 is 0.667 bits per heavy atom. The first-order chi connectivity index (χ1) is 32.4. The summed E-state index contributed by atoms with van der Waals surface area (Å²) in [6, 6.07) is 0. The van der Waals surface area contributed by atoms with Gasteiger partial charge in [0, 0.05) is 5.41 Å². The van der Waals surface area contributed by atoms with Crippen LogP contribution in [0.25, 0.3) is 0 Å². The van der Waals surface area contributed by atoms with E-state index in [9.17, 15) is 70.9 Å². The molecule has 7 fully saturated rings.